The molecule has 0 aromatic rings. The summed E-state index contributed by atoms with van der Waals surface area (Å²) in [6.45, 7) is 9.14. The zero-order valence-electron chi connectivity index (χ0n) is 12.8. The van der Waals surface area contributed by atoms with Crippen molar-refractivity contribution < 1.29 is 10.0 Å². The molecule has 0 aromatic heterocycles. The molecule has 1 aliphatic heterocycles. The van der Waals surface area contributed by atoms with Crippen LogP contribution >= 0.6 is 0 Å². The topological polar surface area (TPSA) is 91.0 Å². The Bertz CT molecular complexity index is 336. The molecule has 0 aliphatic carbocycles. The molecule has 20 heavy (non-hydrogen) atoms. The second-order valence-electron chi connectivity index (χ2n) is 5.87. The highest BCUT2D eigenvalue weighted by atomic mass is 16.4. The third-order valence-corrected chi connectivity index (χ3v) is 3.86. The number of nitrogens with two attached hydrogens (primary N) is 1. The van der Waals surface area contributed by atoms with Crippen LogP contribution < -0.4 is 11.1 Å². The van der Waals surface area contributed by atoms with E-state index in [0.29, 0.717) is 0 Å². The Labute approximate surface area is 121 Å². The van der Waals surface area contributed by atoms with E-state index < -0.39 is 5.92 Å². The van der Waals surface area contributed by atoms with Crippen LogP contribution in [-0.4, -0.2) is 47.5 Å². The van der Waals surface area contributed by atoms with Crippen LogP contribution in [0, 0.1) is 11.8 Å². The molecule has 0 radical (unpaired) electrons. The Hall–Kier alpha value is -1.30. The van der Waals surface area contributed by atoms with E-state index in [1.165, 1.54) is 0 Å². The lowest BCUT2D eigenvalue weighted by Crippen LogP contribution is -2.49. The van der Waals surface area contributed by atoms with Crippen molar-refractivity contribution in [3.05, 3.63) is 0 Å². The van der Waals surface area contributed by atoms with E-state index in [-0.39, 0.29) is 23.7 Å². The third kappa shape index (κ3) is 4.67. The van der Waals surface area contributed by atoms with Crippen molar-refractivity contribution in [1.29, 1.82) is 0 Å². The molecular formula is C14H28N4O2. The summed E-state index contributed by atoms with van der Waals surface area (Å²) in [6.07, 6.45) is 3.09. The number of rotatable bonds is 6. The lowest BCUT2D eigenvalue weighted by molar-refractivity contribution is -0.125. The second kappa shape index (κ2) is 8.09. The molecule has 1 heterocycles. The number of hydrogen-bond donors (Lipinski definition) is 3. The van der Waals surface area contributed by atoms with Crippen LogP contribution in [0.15, 0.2) is 5.16 Å². The highest BCUT2D eigenvalue weighted by Gasteiger charge is 2.29. The molecule has 0 saturated carbocycles. The number of nitrogens with zero attached hydrogens (tertiary/aromatic N) is 2. The van der Waals surface area contributed by atoms with Gasteiger partial charge in [0.25, 0.3) is 0 Å². The maximum Gasteiger partial charge on any atom is 0.231 e. The van der Waals surface area contributed by atoms with Gasteiger partial charge in [-0.15, -0.1) is 0 Å². The molecule has 1 amide bonds. The highest BCUT2D eigenvalue weighted by molar-refractivity contribution is 6.02. The number of hydrogen-bond acceptors (Lipinski definition) is 4. The fourth-order valence-electron chi connectivity index (χ4n) is 2.75. The van der Waals surface area contributed by atoms with Crippen molar-refractivity contribution in [2.24, 2.45) is 22.7 Å². The molecule has 116 valence electrons. The summed E-state index contributed by atoms with van der Waals surface area (Å²) in [7, 11) is 0. The monoisotopic (exact) mass is 284 g/mol. The molecule has 6 nitrogen and oxygen atoms in total. The molecule has 1 atom stereocenters. The average molecular weight is 284 g/mol. The minimum atomic E-state index is -0.561. The van der Waals surface area contributed by atoms with E-state index in [4.69, 9.17) is 10.9 Å². The van der Waals surface area contributed by atoms with Gasteiger partial charge in [-0.3, -0.25) is 4.79 Å². The highest BCUT2D eigenvalue weighted by Crippen LogP contribution is 2.15. The zero-order chi connectivity index (χ0) is 15.1. The molecule has 0 bridgehead atoms. The van der Waals surface area contributed by atoms with Crippen LogP contribution in [0.5, 0.6) is 0 Å². The summed E-state index contributed by atoms with van der Waals surface area (Å²) < 4.78 is 0. The van der Waals surface area contributed by atoms with Gasteiger partial charge in [0.2, 0.25) is 5.91 Å². The lowest BCUT2D eigenvalue weighted by Gasteiger charge is -2.33. The van der Waals surface area contributed by atoms with Crippen LogP contribution in [0.3, 0.4) is 0 Å². The number of likely N-dealkylation sites (tertiary alicyclic amines) is 1. The smallest absolute Gasteiger partial charge is 0.231 e. The van der Waals surface area contributed by atoms with E-state index in [0.717, 1.165) is 38.9 Å². The number of nitrogens with one attached hydrogen (secondary N) is 1. The number of amidine groups is 1. The van der Waals surface area contributed by atoms with Crippen molar-refractivity contribution in [2.45, 2.75) is 46.1 Å². The fourth-order valence-corrected chi connectivity index (χ4v) is 2.75. The zero-order valence-corrected chi connectivity index (χ0v) is 12.8. The predicted octanol–water partition coefficient (Wildman–Crippen LogP) is 0.996. The maximum atomic E-state index is 12.3. The van der Waals surface area contributed by atoms with Gasteiger partial charge in [0.1, 0.15) is 5.92 Å². The van der Waals surface area contributed by atoms with Gasteiger partial charge >= 0.3 is 0 Å². The van der Waals surface area contributed by atoms with Gasteiger partial charge in [-0.2, -0.15) is 0 Å². The van der Waals surface area contributed by atoms with E-state index in [9.17, 15) is 4.79 Å². The summed E-state index contributed by atoms with van der Waals surface area (Å²) in [6, 6.07) is 0.198. The van der Waals surface area contributed by atoms with E-state index in [1.807, 2.05) is 13.8 Å². The first-order chi connectivity index (χ1) is 9.49. The summed E-state index contributed by atoms with van der Waals surface area (Å²) in [4.78, 5) is 14.7. The molecule has 0 spiro atoms. The van der Waals surface area contributed by atoms with E-state index >= 15 is 0 Å². The van der Waals surface area contributed by atoms with Crippen LogP contribution in [0.4, 0.5) is 0 Å². The molecule has 0 aromatic carbocycles. The Morgan fingerprint density at radius 3 is 2.50 bits per heavy atom. The summed E-state index contributed by atoms with van der Waals surface area (Å²) in [5.41, 5.74) is 5.62. The molecule has 1 rings (SSSR count). The fraction of sp³-hybridized carbons (Fsp3) is 0.857. The quantitative estimate of drug-likeness (QED) is 0.294. The minimum absolute atomic E-state index is 0.00563. The maximum absolute atomic E-state index is 12.3. The van der Waals surface area contributed by atoms with Gasteiger partial charge in [0.05, 0.1) is 0 Å². The Morgan fingerprint density at radius 2 is 2.05 bits per heavy atom. The minimum Gasteiger partial charge on any atom is -0.409 e. The third-order valence-electron chi connectivity index (χ3n) is 3.86. The van der Waals surface area contributed by atoms with Crippen molar-refractivity contribution >= 4 is 11.7 Å². The van der Waals surface area contributed by atoms with Crippen molar-refractivity contribution in [1.82, 2.24) is 10.2 Å². The Balaban J connectivity index is 2.50. The predicted molar refractivity (Wildman–Crippen MR) is 79.6 cm³/mol. The van der Waals surface area contributed by atoms with E-state index in [1.54, 1.807) is 0 Å². The van der Waals surface area contributed by atoms with Gasteiger partial charge in [-0.1, -0.05) is 25.9 Å². The molecular weight excluding hydrogens is 256 g/mol. The lowest BCUT2D eigenvalue weighted by atomic mass is 9.93. The van der Waals surface area contributed by atoms with Crippen LogP contribution in [0.25, 0.3) is 0 Å². The molecule has 4 N–H and O–H groups in total. The number of oxime groups is 1. The van der Waals surface area contributed by atoms with Crippen LogP contribution in [0.1, 0.15) is 40.0 Å². The Morgan fingerprint density at radius 1 is 1.45 bits per heavy atom. The molecule has 1 saturated heterocycles. The number of amides is 1. The van der Waals surface area contributed by atoms with Gasteiger partial charge in [-0.05, 0) is 31.7 Å². The number of carbonyl (C=O) groups is 1. The first-order valence-electron chi connectivity index (χ1n) is 7.49. The first kappa shape index (κ1) is 16.8. The largest absolute Gasteiger partial charge is 0.409 e. The van der Waals surface area contributed by atoms with Crippen molar-refractivity contribution in [3.8, 4) is 0 Å². The molecule has 6 heteroatoms. The summed E-state index contributed by atoms with van der Waals surface area (Å²) >= 11 is 0. The Kier molecular flexibility index (Phi) is 6.78. The van der Waals surface area contributed by atoms with Gasteiger partial charge in [-0.25, -0.2) is 0 Å². The molecule has 1 aliphatic rings. The summed E-state index contributed by atoms with van der Waals surface area (Å²) in [5.74, 6) is -0.704. The normalized spacial score (nSPS) is 20.1. The number of carbonyl (C=O) groups excluding carboxylic acids is 1. The SMILES string of the molecule is CCCN1CCC(NC(=O)C(C(N)=NO)C(C)C)CC1. The van der Waals surface area contributed by atoms with Crippen LogP contribution in [-0.2, 0) is 4.79 Å². The van der Waals surface area contributed by atoms with Gasteiger partial charge in [0, 0.05) is 19.1 Å². The standard InChI is InChI=1S/C14H28N4O2/c1-4-7-18-8-5-11(6-9-18)16-14(19)12(10(2)3)13(15)17-20/h10-12,20H,4-9H2,1-3H3,(H2,15,17)(H,16,19). The number of piperidine rings is 1. The summed E-state index contributed by atoms with van der Waals surface area (Å²) in [5, 5.41) is 14.8. The average Bonchev–Trinajstić information content (AvgIpc) is 2.40. The van der Waals surface area contributed by atoms with Gasteiger partial charge < -0.3 is 21.2 Å². The van der Waals surface area contributed by atoms with Crippen LogP contribution in [0.2, 0.25) is 0 Å². The molecule has 1 unspecified atom stereocenters. The molecule has 1 fully saturated rings. The van der Waals surface area contributed by atoms with E-state index in [2.05, 4.69) is 22.3 Å². The first-order valence-corrected chi connectivity index (χ1v) is 7.49. The van der Waals surface area contributed by atoms with Crippen molar-refractivity contribution in [2.75, 3.05) is 19.6 Å². The second-order valence-corrected chi connectivity index (χ2v) is 5.87. The van der Waals surface area contributed by atoms with Gasteiger partial charge in [0.15, 0.2) is 5.84 Å². The van der Waals surface area contributed by atoms with Crippen molar-refractivity contribution in [3.63, 3.8) is 0 Å².